The fraction of sp³-hybridized carbons (Fsp3) is 0.941. The molecule has 0 aliphatic rings. The molecule has 0 saturated heterocycles. The van der Waals surface area contributed by atoms with Crippen molar-refractivity contribution >= 4 is 16.2 Å². The highest BCUT2D eigenvalue weighted by Gasteiger charge is 2.24. The first-order valence-corrected chi connectivity index (χ1v) is 10.5. The van der Waals surface area contributed by atoms with Crippen molar-refractivity contribution in [3.05, 3.63) is 0 Å². The highest BCUT2D eigenvalue weighted by Crippen LogP contribution is 2.18. The van der Waals surface area contributed by atoms with Crippen molar-refractivity contribution in [2.45, 2.75) is 103 Å². The maximum absolute atomic E-state index is 11.0. The lowest BCUT2D eigenvalue weighted by molar-refractivity contribution is -0.117. The zero-order valence-corrected chi connectivity index (χ0v) is 15.9. The number of carbonyl (C=O) groups excluding carboxylic acids is 1. The quantitative estimate of drug-likeness (QED) is 0.318. The number of carbonyl (C=O) groups is 1. The average Bonchev–Trinajstić information content (AvgIpc) is 2.47. The van der Waals surface area contributed by atoms with Gasteiger partial charge < -0.3 is 9.90 Å². The van der Waals surface area contributed by atoms with Crippen LogP contribution in [0.1, 0.15) is 90.9 Å². The second-order valence-electron chi connectivity index (χ2n) is 6.49. The molecule has 0 fully saturated rings. The van der Waals surface area contributed by atoms with E-state index in [9.17, 15) is 18.3 Å². The van der Waals surface area contributed by atoms with E-state index in [1.807, 2.05) is 0 Å². The molecule has 0 aliphatic heterocycles. The third-order valence-electron chi connectivity index (χ3n) is 4.05. The number of hydrogen-bond donors (Lipinski definition) is 2. The Balaban J connectivity index is 4.10. The molecule has 144 valence electrons. The minimum atomic E-state index is -4.56. The number of aliphatic hydroxyl groups is 1. The SMILES string of the molecule is CCCCCCC(O)C(CCCCCCCC(C)=O)OS(=O)(=O)O. The fourth-order valence-electron chi connectivity index (χ4n) is 2.68. The fourth-order valence-corrected chi connectivity index (χ4v) is 3.21. The highest BCUT2D eigenvalue weighted by molar-refractivity contribution is 7.80. The van der Waals surface area contributed by atoms with Crippen LogP contribution in [0.15, 0.2) is 0 Å². The summed E-state index contributed by atoms with van der Waals surface area (Å²) in [6.07, 6.45) is 8.04. The van der Waals surface area contributed by atoms with Crippen LogP contribution in [0.2, 0.25) is 0 Å². The molecular formula is C17H34O6S. The lowest BCUT2D eigenvalue weighted by atomic mass is 10.00. The Morgan fingerprint density at radius 2 is 1.50 bits per heavy atom. The van der Waals surface area contributed by atoms with Gasteiger partial charge in [0.2, 0.25) is 0 Å². The molecule has 0 heterocycles. The minimum Gasteiger partial charge on any atom is -0.390 e. The van der Waals surface area contributed by atoms with Crippen LogP contribution in [0.4, 0.5) is 0 Å². The summed E-state index contributed by atoms with van der Waals surface area (Å²) >= 11 is 0. The first kappa shape index (κ1) is 23.5. The number of aliphatic hydroxyl groups excluding tert-OH is 1. The zero-order valence-electron chi connectivity index (χ0n) is 15.1. The van der Waals surface area contributed by atoms with Crippen LogP contribution in [0, 0.1) is 0 Å². The van der Waals surface area contributed by atoms with Crippen molar-refractivity contribution in [1.29, 1.82) is 0 Å². The highest BCUT2D eigenvalue weighted by atomic mass is 32.3. The van der Waals surface area contributed by atoms with Crippen LogP contribution in [0.3, 0.4) is 0 Å². The Bertz CT molecular complexity index is 421. The van der Waals surface area contributed by atoms with Gasteiger partial charge in [-0.15, -0.1) is 0 Å². The van der Waals surface area contributed by atoms with Gasteiger partial charge in [0, 0.05) is 6.42 Å². The van der Waals surface area contributed by atoms with E-state index in [0.717, 1.165) is 51.4 Å². The third kappa shape index (κ3) is 15.1. The maximum atomic E-state index is 11.0. The third-order valence-corrected chi connectivity index (χ3v) is 4.54. The summed E-state index contributed by atoms with van der Waals surface area (Å²) in [5.74, 6) is 0.197. The van der Waals surface area contributed by atoms with E-state index >= 15 is 0 Å². The number of rotatable bonds is 16. The van der Waals surface area contributed by atoms with Crippen molar-refractivity contribution in [3.8, 4) is 0 Å². The van der Waals surface area contributed by atoms with Crippen LogP contribution in [0.5, 0.6) is 0 Å². The summed E-state index contributed by atoms with van der Waals surface area (Å²) in [7, 11) is -4.56. The molecule has 0 aromatic carbocycles. The number of Topliss-reactive ketones (excluding diaryl/α,β-unsaturated/α-hetero) is 1. The van der Waals surface area contributed by atoms with E-state index in [4.69, 9.17) is 4.55 Å². The summed E-state index contributed by atoms with van der Waals surface area (Å²) < 4.78 is 35.4. The molecule has 7 heteroatoms. The molecule has 0 aliphatic carbocycles. The Morgan fingerprint density at radius 1 is 0.958 bits per heavy atom. The van der Waals surface area contributed by atoms with Gasteiger partial charge in [-0.1, -0.05) is 58.3 Å². The van der Waals surface area contributed by atoms with Gasteiger partial charge in [-0.3, -0.25) is 4.55 Å². The Hall–Kier alpha value is -0.500. The summed E-state index contributed by atoms with van der Waals surface area (Å²) in [5.41, 5.74) is 0. The van der Waals surface area contributed by atoms with Crippen LogP contribution in [-0.2, 0) is 19.4 Å². The summed E-state index contributed by atoms with van der Waals surface area (Å²) in [5, 5.41) is 10.1. The lowest BCUT2D eigenvalue weighted by Gasteiger charge is -2.21. The first-order chi connectivity index (χ1) is 11.3. The van der Waals surface area contributed by atoms with Crippen molar-refractivity contribution in [2.24, 2.45) is 0 Å². The molecule has 2 unspecified atom stereocenters. The van der Waals surface area contributed by atoms with Crippen molar-refractivity contribution in [3.63, 3.8) is 0 Å². The average molecular weight is 367 g/mol. The Kier molecular flexibility index (Phi) is 13.5. The van der Waals surface area contributed by atoms with Crippen LogP contribution in [0.25, 0.3) is 0 Å². The summed E-state index contributed by atoms with van der Waals surface area (Å²) in [6.45, 7) is 3.68. The molecule has 0 aromatic rings. The number of ketones is 1. The lowest BCUT2D eigenvalue weighted by Crippen LogP contribution is -2.31. The molecular weight excluding hydrogens is 332 g/mol. The molecule has 6 nitrogen and oxygen atoms in total. The van der Waals surface area contributed by atoms with E-state index < -0.39 is 22.6 Å². The molecule has 0 bridgehead atoms. The molecule has 0 rings (SSSR count). The second-order valence-corrected chi connectivity index (χ2v) is 7.54. The van der Waals surface area contributed by atoms with Gasteiger partial charge in [0.25, 0.3) is 0 Å². The van der Waals surface area contributed by atoms with Gasteiger partial charge in [-0.05, 0) is 26.2 Å². The van der Waals surface area contributed by atoms with Gasteiger partial charge >= 0.3 is 10.4 Å². The normalized spacial score (nSPS) is 14.5. The molecule has 2 N–H and O–H groups in total. The zero-order chi connectivity index (χ0) is 18.4. The first-order valence-electron chi connectivity index (χ1n) is 9.09. The van der Waals surface area contributed by atoms with E-state index in [1.165, 1.54) is 0 Å². The molecule has 0 amide bonds. The molecule has 0 saturated carbocycles. The standard InChI is InChI=1S/C17H34O6S/c1-3-4-5-10-13-16(19)17(23-24(20,21)22)14-11-8-6-7-9-12-15(2)18/h16-17,19H,3-14H2,1-2H3,(H,20,21,22). The predicted molar refractivity (Wildman–Crippen MR) is 94.2 cm³/mol. The largest absolute Gasteiger partial charge is 0.397 e. The van der Waals surface area contributed by atoms with Gasteiger partial charge in [0.05, 0.1) is 6.10 Å². The minimum absolute atomic E-state index is 0.197. The maximum Gasteiger partial charge on any atom is 0.397 e. The number of unbranched alkanes of at least 4 members (excludes halogenated alkanes) is 7. The summed E-state index contributed by atoms with van der Waals surface area (Å²) in [6, 6.07) is 0. The monoisotopic (exact) mass is 366 g/mol. The van der Waals surface area contributed by atoms with Gasteiger partial charge in [-0.25, -0.2) is 4.18 Å². The van der Waals surface area contributed by atoms with Crippen LogP contribution < -0.4 is 0 Å². The Labute approximate surface area is 146 Å². The number of hydrogen-bond acceptors (Lipinski definition) is 5. The smallest absolute Gasteiger partial charge is 0.390 e. The van der Waals surface area contributed by atoms with E-state index in [1.54, 1.807) is 6.92 Å². The van der Waals surface area contributed by atoms with Gasteiger partial charge in [0.15, 0.2) is 0 Å². The van der Waals surface area contributed by atoms with Crippen molar-refractivity contribution in [1.82, 2.24) is 0 Å². The predicted octanol–water partition coefficient (Wildman–Crippen LogP) is 3.83. The van der Waals surface area contributed by atoms with Crippen LogP contribution in [-0.4, -0.2) is 36.1 Å². The van der Waals surface area contributed by atoms with Crippen LogP contribution >= 0.6 is 0 Å². The van der Waals surface area contributed by atoms with Crippen molar-refractivity contribution < 1.29 is 27.1 Å². The summed E-state index contributed by atoms with van der Waals surface area (Å²) in [4.78, 5) is 10.8. The Morgan fingerprint density at radius 3 is 2.08 bits per heavy atom. The van der Waals surface area contributed by atoms with E-state index in [2.05, 4.69) is 11.1 Å². The molecule has 24 heavy (non-hydrogen) atoms. The molecule has 0 spiro atoms. The molecule has 2 atom stereocenters. The van der Waals surface area contributed by atoms with Gasteiger partial charge in [-0.2, -0.15) is 8.42 Å². The van der Waals surface area contributed by atoms with E-state index in [0.29, 0.717) is 25.7 Å². The molecule has 0 aromatic heterocycles. The van der Waals surface area contributed by atoms with E-state index in [-0.39, 0.29) is 5.78 Å². The van der Waals surface area contributed by atoms with Gasteiger partial charge in [0.1, 0.15) is 11.9 Å². The topological polar surface area (TPSA) is 101 Å². The molecule has 0 radical (unpaired) electrons. The van der Waals surface area contributed by atoms with Crippen molar-refractivity contribution in [2.75, 3.05) is 0 Å². The second kappa shape index (κ2) is 13.8.